The Bertz CT molecular complexity index is 850. The summed E-state index contributed by atoms with van der Waals surface area (Å²) in [5, 5.41) is 2.73. The molecule has 0 aliphatic heterocycles. The highest BCUT2D eigenvalue weighted by molar-refractivity contribution is 7.92. The van der Waals surface area contributed by atoms with Gasteiger partial charge >= 0.3 is 0 Å². The number of sulfonamides is 1. The zero-order chi connectivity index (χ0) is 19.2. The first-order valence-electron chi connectivity index (χ1n) is 7.99. The van der Waals surface area contributed by atoms with Crippen LogP contribution >= 0.6 is 0 Å². The summed E-state index contributed by atoms with van der Waals surface area (Å²) >= 11 is 0. The molecule has 0 heterocycles. The highest BCUT2D eigenvalue weighted by Gasteiger charge is 2.12. The van der Waals surface area contributed by atoms with Crippen molar-refractivity contribution in [1.29, 1.82) is 0 Å². The van der Waals surface area contributed by atoms with Gasteiger partial charge in [-0.2, -0.15) is 0 Å². The van der Waals surface area contributed by atoms with Gasteiger partial charge in [0.25, 0.3) is 5.91 Å². The maximum Gasteiger partial charge on any atom is 0.262 e. The molecule has 0 atom stereocenters. The third-order valence-electron chi connectivity index (χ3n) is 3.50. The lowest BCUT2D eigenvalue weighted by atomic mass is 10.3. The van der Waals surface area contributed by atoms with E-state index < -0.39 is 10.0 Å². The average molecular weight is 378 g/mol. The largest absolute Gasteiger partial charge is 0.494 e. The highest BCUT2D eigenvalue weighted by atomic mass is 32.2. The predicted molar refractivity (Wildman–Crippen MR) is 101 cm³/mol. The van der Waals surface area contributed by atoms with E-state index in [-0.39, 0.29) is 12.5 Å². The minimum atomic E-state index is -3.32. The molecule has 1 N–H and O–H groups in total. The Kier molecular flexibility index (Phi) is 6.46. The molecule has 0 saturated carbocycles. The van der Waals surface area contributed by atoms with E-state index in [4.69, 9.17) is 9.47 Å². The second kappa shape index (κ2) is 8.57. The molecule has 0 aliphatic carbocycles. The van der Waals surface area contributed by atoms with Crippen LogP contribution in [0.25, 0.3) is 0 Å². The van der Waals surface area contributed by atoms with Crippen LogP contribution in [0, 0.1) is 0 Å². The van der Waals surface area contributed by atoms with Crippen molar-refractivity contribution in [2.24, 2.45) is 0 Å². The second-order valence-corrected chi connectivity index (χ2v) is 7.54. The Morgan fingerprint density at radius 2 is 1.77 bits per heavy atom. The Labute approximate surface area is 153 Å². The topological polar surface area (TPSA) is 84.9 Å². The first-order chi connectivity index (χ1) is 12.3. The number of benzene rings is 2. The summed E-state index contributed by atoms with van der Waals surface area (Å²) in [6.45, 7) is 2.27. The van der Waals surface area contributed by atoms with Crippen molar-refractivity contribution < 1.29 is 22.7 Å². The molecule has 2 rings (SSSR count). The summed E-state index contributed by atoms with van der Waals surface area (Å²) in [6.07, 6.45) is 1.13. The Balaban J connectivity index is 1.90. The third-order valence-corrected chi connectivity index (χ3v) is 4.70. The molecule has 0 aliphatic rings. The molecule has 0 unspecified atom stereocenters. The van der Waals surface area contributed by atoms with Crippen LogP contribution in [0.1, 0.15) is 6.92 Å². The van der Waals surface area contributed by atoms with E-state index in [0.29, 0.717) is 29.5 Å². The second-order valence-electron chi connectivity index (χ2n) is 5.52. The zero-order valence-electron chi connectivity index (χ0n) is 14.9. The number of carbonyl (C=O) groups excluding carboxylic acids is 1. The van der Waals surface area contributed by atoms with Crippen LogP contribution in [0.5, 0.6) is 11.5 Å². The number of anilines is 2. The van der Waals surface area contributed by atoms with E-state index in [1.165, 1.54) is 7.05 Å². The number of amides is 1. The predicted octanol–water partition coefficient (Wildman–Crippen LogP) is 2.50. The maximum absolute atomic E-state index is 12.0. The van der Waals surface area contributed by atoms with Crippen molar-refractivity contribution in [1.82, 2.24) is 0 Å². The number of ether oxygens (including phenoxy) is 2. The number of hydrogen-bond donors (Lipinski definition) is 1. The minimum absolute atomic E-state index is 0.167. The van der Waals surface area contributed by atoms with Gasteiger partial charge in [0.05, 0.1) is 18.6 Å². The molecule has 2 aromatic rings. The third kappa shape index (κ3) is 5.66. The standard InChI is InChI=1S/C18H22N2O5S/c1-4-24-17-7-5-6-14(12-17)19-18(21)13-25-16-10-8-15(9-11-16)20(2)26(3,22)23/h5-12H,4,13H2,1-3H3,(H,19,21). The van der Waals surface area contributed by atoms with Crippen LogP contribution in [0.2, 0.25) is 0 Å². The number of hydrogen-bond acceptors (Lipinski definition) is 5. The molecular formula is C18H22N2O5S. The lowest BCUT2D eigenvalue weighted by Crippen LogP contribution is -2.24. The van der Waals surface area contributed by atoms with Crippen LogP contribution in [-0.2, 0) is 14.8 Å². The van der Waals surface area contributed by atoms with Gasteiger partial charge in [-0.15, -0.1) is 0 Å². The van der Waals surface area contributed by atoms with Crippen molar-refractivity contribution in [2.45, 2.75) is 6.92 Å². The summed E-state index contributed by atoms with van der Waals surface area (Å²) in [5.74, 6) is 0.835. The molecule has 7 nitrogen and oxygen atoms in total. The Morgan fingerprint density at radius 1 is 1.08 bits per heavy atom. The average Bonchev–Trinajstić information content (AvgIpc) is 2.59. The van der Waals surface area contributed by atoms with Crippen LogP contribution in [0.4, 0.5) is 11.4 Å². The van der Waals surface area contributed by atoms with Crippen LogP contribution in [-0.4, -0.2) is 40.8 Å². The molecule has 0 saturated heterocycles. The molecule has 1 amide bonds. The number of rotatable bonds is 8. The SMILES string of the molecule is CCOc1cccc(NC(=O)COc2ccc(N(C)S(C)(=O)=O)cc2)c1. The molecule has 0 aromatic heterocycles. The van der Waals surface area contributed by atoms with Crippen LogP contribution in [0.3, 0.4) is 0 Å². The van der Waals surface area contributed by atoms with E-state index >= 15 is 0 Å². The first-order valence-corrected chi connectivity index (χ1v) is 9.84. The lowest BCUT2D eigenvalue weighted by Gasteiger charge is -2.16. The van der Waals surface area contributed by atoms with Gasteiger partial charge < -0.3 is 14.8 Å². The number of nitrogens with zero attached hydrogens (tertiary/aromatic N) is 1. The number of nitrogens with one attached hydrogen (secondary N) is 1. The quantitative estimate of drug-likeness (QED) is 0.763. The van der Waals surface area contributed by atoms with Crippen LogP contribution in [0.15, 0.2) is 48.5 Å². The minimum Gasteiger partial charge on any atom is -0.494 e. The number of carbonyl (C=O) groups is 1. The highest BCUT2D eigenvalue weighted by Crippen LogP contribution is 2.20. The van der Waals surface area contributed by atoms with Gasteiger partial charge in [0.15, 0.2) is 6.61 Å². The Morgan fingerprint density at radius 3 is 2.38 bits per heavy atom. The van der Waals surface area contributed by atoms with Gasteiger partial charge in [0.2, 0.25) is 10.0 Å². The summed E-state index contributed by atoms with van der Waals surface area (Å²) < 4.78 is 35.0. The van der Waals surface area contributed by atoms with Gasteiger partial charge in [0.1, 0.15) is 11.5 Å². The zero-order valence-corrected chi connectivity index (χ0v) is 15.7. The molecule has 0 fully saturated rings. The van der Waals surface area contributed by atoms with Crippen molar-refractivity contribution in [2.75, 3.05) is 36.1 Å². The molecule has 8 heteroatoms. The van der Waals surface area contributed by atoms with E-state index in [2.05, 4.69) is 5.32 Å². The summed E-state index contributed by atoms with van der Waals surface area (Å²) in [6, 6.07) is 13.5. The molecule has 0 spiro atoms. The monoisotopic (exact) mass is 378 g/mol. The smallest absolute Gasteiger partial charge is 0.262 e. The van der Waals surface area contributed by atoms with Gasteiger partial charge in [-0.25, -0.2) is 8.42 Å². The van der Waals surface area contributed by atoms with Crippen molar-refractivity contribution in [3.05, 3.63) is 48.5 Å². The van der Waals surface area contributed by atoms with E-state index in [1.807, 2.05) is 13.0 Å². The summed E-state index contributed by atoms with van der Waals surface area (Å²) in [5.41, 5.74) is 1.13. The van der Waals surface area contributed by atoms with E-state index in [1.54, 1.807) is 42.5 Å². The maximum atomic E-state index is 12.0. The molecule has 2 aromatic carbocycles. The lowest BCUT2D eigenvalue weighted by molar-refractivity contribution is -0.118. The Hall–Kier alpha value is -2.74. The fraction of sp³-hybridized carbons (Fsp3) is 0.278. The fourth-order valence-electron chi connectivity index (χ4n) is 2.12. The normalized spacial score (nSPS) is 10.9. The summed E-state index contributed by atoms with van der Waals surface area (Å²) in [7, 11) is -1.85. The van der Waals surface area contributed by atoms with Gasteiger partial charge in [-0.3, -0.25) is 9.10 Å². The van der Waals surface area contributed by atoms with Gasteiger partial charge in [0, 0.05) is 18.8 Å². The molecular weight excluding hydrogens is 356 g/mol. The van der Waals surface area contributed by atoms with Gasteiger partial charge in [-0.05, 0) is 43.3 Å². The molecule has 0 radical (unpaired) electrons. The molecule has 140 valence electrons. The fourth-order valence-corrected chi connectivity index (χ4v) is 2.62. The van der Waals surface area contributed by atoms with Crippen molar-refractivity contribution >= 4 is 27.3 Å². The van der Waals surface area contributed by atoms with Gasteiger partial charge in [-0.1, -0.05) is 6.07 Å². The molecule has 0 bridgehead atoms. The van der Waals surface area contributed by atoms with Crippen molar-refractivity contribution in [3.8, 4) is 11.5 Å². The van der Waals surface area contributed by atoms with Crippen LogP contribution < -0.4 is 19.1 Å². The van der Waals surface area contributed by atoms with E-state index in [0.717, 1.165) is 10.6 Å². The van der Waals surface area contributed by atoms with E-state index in [9.17, 15) is 13.2 Å². The summed E-state index contributed by atoms with van der Waals surface area (Å²) in [4.78, 5) is 12.0. The first kappa shape index (κ1) is 19.6. The van der Waals surface area contributed by atoms with Crippen molar-refractivity contribution in [3.63, 3.8) is 0 Å². The molecule has 26 heavy (non-hydrogen) atoms.